The molecule has 2 aromatic carbocycles. The number of phenolic OH excluding ortho intramolecular Hbond substituents is 1. The van der Waals surface area contributed by atoms with Gasteiger partial charge in [-0.3, -0.25) is 4.90 Å². The van der Waals surface area contributed by atoms with Crippen LogP contribution < -0.4 is 9.64 Å². The quantitative estimate of drug-likeness (QED) is 0.230. The first-order chi connectivity index (χ1) is 22.2. The van der Waals surface area contributed by atoms with Crippen LogP contribution in [-0.2, 0) is 11.2 Å². The number of halogens is 4. The van der Waals surface area contributed by atoms with E-state index in [2.05, 4.69) is 20.8 Å². The van der Waals surface area contributed by atoms with E-state index in [1.165, 1.54) is 29.2 Å². The summed E-state index contributed by atoms with van der Waals surface area (Å²) in [7, 11) is 0. The Labute approximate surface area is 262 Å². The zero-order valence-electron chi connectivity index (χ0n) is 25.0. The Kier molecular flexibility index (Phi) is 6.78. The molecule has 0 bridgehead atoms. The third-order valence-corrected chi connectivity index (χ3v) is 10.0. The highest BCUT2D eigenvalue weighted by molar-refractivity contribution is 6.03. The fourth-order valence-electron chi connectivity index (χ4n) is 7.90. The molecule has 0 amide bonds. The highest BCUT2D eigenvalue weighted by Gasteiger charge is 2.46. The Balaban J connectivity index is 1.35. The summed E-state index contributed by atoms with van der Waals surface area (Å²) in [5.41, 5.74) is -0.150. The molecule has 3 saturated heterocycles. The van der Waals surface area contributed by atoms with Gasteiger partial charge in [-0.05, 0) is 75.2 Å². The molecule has 238 valence electrons. The van der Waals surface area contributed by atoms with E-state index in [-0.39, 0.29) is 75.9 Å². The number of ether oxygens (including phenoxy) is 2. The molecule has 0 saturated carbocycles. The first-order valence-corrected chi connectivity index (χ1v) is 15.6. The Bertz CT molecular complexity index is 1940. The largest absolute Gasteiger partial charge is 0.508 e. The number of terminal acetylenes is 1. The van der Waals surface area contributed by atoms with Gasteiger partial charge in [0.1, 0.15) is 41.8 Å². The standard InChI is InChI=1S/C34H31F4N5O3/c1-2-22-24(35)7-5-19-13-21(44)14-23(26(19)22)29-28(36)30-27-25(39-29)8-6-20-15-45-18-34(37,38)16-43(20)31(27)41-32(40-30)46-17-33-9-3-11-42(33)12-4-10-33/h1,5,7,13-14,20,44H,3-4,6,8-12,15-18H2. The van der Waals surface area contributed by atoms with E-state index in [4.69, 9.17) is 20.9 Å². The lowest BCUT2D eigenvalue weighted by molar-refractivity contribution is -0.0574. The number of alkyl halides is 2. The van der Waals surface area contributed by atoms with E-state index >= 15 is 4.39 Å². The lowest BCUT2D eigenvalue weighted by atomic mass is 9.95. The Morgan fingerprint density at radius 1 is 1.09 bits per heavy atom. The van der Waals surface area contributed by atoms with Crippen LogP contribution in [0, 0.1) is 24.0 Å². The van der Waals surface area contributed by atoms with Crippen molar-refractivity contribution in [1.82, 2.24) is 19.9 Å². The molecule has 1 unspecified atom stereocenters. The predicted molar refractivity (Wildman–Crippen MR) is 163 cm³/mol. The minimum atomic E-state index is -3.17. The molecule has 4 aromatic rings. The molecule has 4 aliphatic rings. The van der Waals surface area contributed by atoms with Crippen molar-refractivity contribution in [1.29, 1.82) is 0 Å². The number of phenols is 1. The molecule has 4 aliphatic heterocycles. The highest BCUT2D eigenvalue weighted by Crippen LogP contribution is 2.43. The van der Waals surface area contributed by atoms with Gasteiger partial charge in [0, 0.05) is 10.9 Å². The number of aromatic nitrogens is 3. The van der Waals surface area contributed by atoms with Gasteiger partial charge in [-0.25, -0.2) is 22.5 Å². The summed E-state index contributed by atoms with van der Waals surface area (Å²) in [6.45, 7) is 0.861. The molecule has 0 aliphatic carbocycles. The number of hydrogen-bond acceptors (Lipinski definition) is 8. The van der Waals surface area contributed by atoms with Crippen molar-refractivity contribution in [2.75, 3.05) is 44.4 Å². The molecule has 8 nitrogen and oxygen atoms in total. The van der Waals surface area contributed by atoms with Crippen LogP contribution in [0.25, 0.3) is 32.9 Å². The van der Waals surface area contributed by atoms with Gasteiger partial charge in [0.15, 0.2) is 5.82 Å². The summed E-state index contributed by atoms with van der Waals surface area (Å²) >= 11 is 0. The van der Waals surface area contributed by atoms with E-state index in [9.17, 15) is 18.3 Å². The molecule has 3 fully saturated rings. The van der Waals surface area contributed by atoms with Crippen molar-refractivity contribution < 1.29 is 32.1 Å². The SMILES string of the molecule is C#Cc1c(F)ccc2cc(O)cc(-c3nc4c5c(nc(OCC67CCCN6CCC7)nc5c3F)N3CC(F)(F)COCC3CC4)c12. The number of aromatic hydroxyl groups is 1. The lowest BCUT2D eigenvalue weighted by Gasteiger charge is -2.32. The van der Waals surface area contributed by atoms with Crippen LogP contribution >= 0.6 is 0 Å². The zero-order valence-corrected chi connectivity index (χ0v) is 25.0. The number of anilines is 1. The molecular formula is C34H31F4N5O3. The number of nitrogens with zero attached hydrogens (tertiary/aromatic N) is 5. The number of rotatable bonds is 4. The van der Waals surface area contributed by atoms with Crippen LogP contribution in [0.3, 0.4) is 0 Å². The second kappa shape index (κ2) is 10.7. The summed E-state index contributed by atoms with van der Waals surface area (Å²) < 4.78 is 73.5. The van der Waals surface area contributed by atoms with Gasteiger partial charge in [0.2, 0.25) is 0 Å². The maximum atomic E-state index is 17.0. The summed E-state index contributed by atoms with van der Waals surface area (Å²) in [5, 5.41) is 11.4. The van der Waals surface area contributed by atoms with Crippen molar-refractivity contribution in [3.8, 4) is 35.4 Å². The van der Waals surface area contributed by atoms with Gasteiger partial charge < -0.3 is 19.5 Å². The third-order valence-electron chi connectivity index (χ3n) is 10.0. The molecule has 0 radical (unpaired) electrons. The average molecular weight is 634 g/mol. The average Bonchev–Trinajstić information content (AvgIpc) is 3.53. The maximum Gasteiger partial charge on any atom is 0.319 e. The fraction of sp³-hybridized carbons (Fsp3) is 0.441. The Morgan fingerprint density at radius 2 is 1.89 bits per heavy atom. The van der Waals surface area contributed by atoms with Crippen LogP contribution in [0.2, 0.25) is 0 Å². The second-order valence-corrected chi connectivity index (χ2v) is 12.8. The summed E-state index contributed by atoms with van der Waals surface area (Å²) in [6, 6.07) is 4.73. The summed E-state index contributed by atoms with van der Waals surface area (Å²) in [5.74, 6) is -2.46. The minimum absolute atomic E-state index is 0.0284. The maximum absolute atomic E-state index is 17.0. The molecule has 8 rings (SSSR count). The van der Waals surface area contributed by atoms with Crippen LogP contribution in [-0.4, -0.2) is 81.9 Å². The van der Waals surface area contributed by atoms with Crippen LogP contribution in [0.5, 0.6) is 11.8 Å². The van der Waals surface area contributed by atoms with Gasteiger partial charge >= 0.3 is 6.01 Å². The molecule has 6 heterocycles. The Morgan fingerprint density at radius 3 is 2.67 bits per heavy atom. The number of fused-ring (bicyclic) bond motifs is 4. The molecule has 12 heteroatoms. The van der Waals surface area contributed by atoms with Crippen LogP contribution in [0.1, 0.15) is 43.4 Å². The molecular weight excluding hydrogens is 602 g/mol. The first kappa shape index (κ1) is 29.2. The van der Waals surface area contributed by atoms with Crippen molar-refractivity contribution in [3.63, 3.8) is 0 Å². The highest BCUT2D eigenvalue weighted by atomic mass is 19.3. The lowest BCUT2D eigenvalue weighted by Crippen LogP contribution is -2.44. The fourth-order valence-corrected chi connectivity index (χ4v) is 7.90. The van der Waals surface area contributed by atoms with E-state index in [0.29, 0.717) is 17.5 Å². The number of hydrogen-bond donors (Lipinski definition) is 1. The smallest absolute Gasteiger partial charge is 0.319 e. The van der Waals surface area contributed by atoms with Crippen molar-refractivity contribution in [2.24, 2.45) is 0 Å². The first-order valence-electron chi connectivity index (χ1n) is 15.6. The number of benzene rings is 2. The number of pyridine rings is 1. The van der Waals surface area contributed by atoms with Crippen molar-refractivity contribution in [2.45, 2.75) is 56.0 Å². The molecule has 1 N–H and O–H groups in total. The Hall–Kier alpha value is -4.21. The topological polar surface area (TPSA) is 83.8 Å². The monoisotopic (exact) mass is 633 g/mol. The normalized spacial score (nSPS) is 21.9. The van der Waals surface area contributed by atoms with Crippen LogP contribution in [0.4, 0.5) is 23.4 Å². The van der Waals surface area contributed by atoms with Crippen LogP contribution in [0.15, 0.2) is 24.3 Å². The van der Waals surface area contributed by atoms with Gasteiger partial charge in [-0.15, -0.1) is 6.42 Å². The molecule has 1 atom stereocenters. The van der Waals surface area contributed by atoms with Gasteiger partial charge in [-0.1, -0.05) is 12.0 Å². The zero-order chi connectivity index (χ0) is 31.8. The van der Waals surface area contributed by atoms with E-state index in [1.54, 1.807) is 0 Å². The van der Waals surface area contributed by atoms with E-state index in [0.717, 1.165) is 38.8 Å². The van der Waals surface area contributed by atoms with Crippen molar-refractivity contribution in [3.05, 3.63) is 47.2 Å². The third kappa shape index (κ3) is 4.62. The predicted octanol–water partition coefficient (Wildman–Crippen LogP) is 5.60. The number of aryl methyl sites for hydroxylation is 1. The van der Waals surface area contributed by atoms with Gasteiger partial charge in [-0.2, -0.15) is 9.97 Å². The van der Waals surface area contributed by atoms with E-state index in [1.807, 2.05) is 0 Å². The molecule has 46 heavy (non-hydrogen) atoms. The van der Waals surface area contributed by atoms with E-state index < -0.39 is 36.8 Å². The molecule has 2 aromatic heterocycles. The second-order valence-electron chi connectivity index (χ2n) is 12.8. The summed E-state index contributed by atoms with van der Waals surface area (Å²) in [4.78, 5) is 17.8. The van der Waals surface area contributed by atoms with Crippen molar-refractivity contribution >= 4 is 27.5 Å². The minimum Gasteiger partial charge on any atom is -0.508 e. The van der Waals surface area contributed by atoms with Gasteiger partial charge in [0.05, 0.1) is 41.4 Å². The molecule has 0 spiro atoms. The van der Waals surface area contributed by atoms with Gasteiger partial charge in [0.25, 0.3) is 5.92 Å². The summed E-state index contributed by atoms with van der Waals surface area (Å²) in [6.07, 6.45) is 10.3.